The fourth-order valence-electron chi connectivity index (χ4n) is 3.36. The first kappa shape index (κ1) is 18.9. The molecule has 0 saturated carbocycles. The number of hydrogen-bond acceptors (Lipinski definition) is 4. The van der Waals surface area contributed by atoms with Crippen molar-refractivity contribution in [3.8, 4) is 0 Å². The number of imidazole rings is 2. The Morgan fingerprint density at radius 1 is 1.14 bits per heavy atom. The van der Waals surface area contributed by atoms with Gasteiger partial charge in [0.2, 0.25) is 5.91 Å². The molecular weight excluding hydrogens is 366 g/mol. The molecule has 0 aliphatic carbocycles. The van der Waals surface area contributed by atoms with Crippen LogP contribution < -0.4 is 5.32 Å². The number of ether oxygens (including phenoxy) is 1. The Balaban J connectivity index is 1.57. The zero-order chi connectivity index (χ0) is 20.2. The van der Waals surface area contributed by atoms with Gasteiger partial charge in [-0.05, 0) is 35.7 Å². The van der Waals surface area contributed by atoms with Gasteiger partial charge >= 0.3 is 0 Å². The Morgan fingerprint density at radius 3 is 2.79 bits per heavy atom. The number of aromatic amines is 2. The molecule has 0 spiro atoms. The molecule has 0 saturated heterocycles. The minimum absolute atomic E-state index is 0.0900. The molecule has 29 heavy (non-hydrogen) atoms. The summed E-state index contributed by atoms with van der Waals surface area (Å²) < 4.78 is 5.95. The van der Waals surface area contributed by atoms with Crippen molar-refractivity contribution in [1.82, 2.24) is 25.3 Å². The number of benzene rings is 2. The second kappa shape index (κ2) is 8.28. The van der Waals surface area contributed by atoms with Crippen LogP contribution in [0.4, 0.5) is 0 Å². The lowest BCUT2D eigenvalue weighted by molar-refractivity contribution is -0.119. The summed E-state index contributed by atoms with van der Waals surface area (Å²) in [7, 11) is 0. The molecule has 4 aromatic rings. The summed E-state index contributed by atoms with van der Waals surface area (Å²) >= 11 is 0. The lowest BCUT2D eigenvalue weighted by Crippen LogP contribution is -2.27. The number of hydrogen-bond donors (Lipinski definition) is 3. The maximum absolute atomic E-state index is 11.9. The number of H-pyrrole nitrogens is 2. The van der Waals surface area contributed by atoms with Gasteiger partial charge in [-0.2, -0.15) is 0 Å². The number of carbonyl (C=O) groups is 1. The summed E-state index contributed by atoms with van der Waals surface area (Å²) in [5.41, 5.74) is 4.83. The molecule has 0 bridgehead atoms. The lowest BCUT2D eigenvalue weighted by Gasteiger charge is -2.20. The molecule has 2 unspecified atom stereocenters. The zero-order valence-electron chi connectivity index (χ0n) is 16.3. The van der Waals surface area contributed by atoms with Gasteiger partial charge in [-0.3, -0.25) is 4.79 Å². The third-order valence-electron chi connectivity index (χ3n) is 4.81. The highest BCUT2D eigenvalue weighted by Gasteiger charge is 2.17. The van der Waals surface area contributed by atoms with Crippen LogP contribution in [0.25, 0.3) is 11.0 Å². The average Bonchev–Trinajstić information content (AvgIpc) is 3.41. The molecule has 1 amide bonds. The van der Waals surface area contributed by atoms with E-state index in [1.807, 2.05) is 43.3 Å². The molecule has 7 heteroatoms. The van der Waals surface area contributed by atoms with E-state index in [1.165, 1.54) is 6.92 Å². The molecule has 0 aliphatic rings. The van der Waals surface area contributed by atoms with Crippen LogP contribution in [0.5, 0.6) is 0 Å². The van der Waals surface area contributed by atoms with Crippen molar-refractivity contribution in [2.45, 2.75) is 32.6 Å². The van der Waals surface area contributed by atoms with Crippen LogP contribution in [0, 0.1) is 0 Å². The van der Waals surface area contributed by atoms with Gasteiger partial charge in [0, 0.05) is 19.3 Å². The maximum Gasteiger partial charge on any atom is 0.217 e. The molecule has 2 heterocycles. The number of fused-ring (bicyclic) bond motifs is 1. The lowest BCUT2D eigenvalue weighted by atomic mass is 9.96. The van der Waals surface area contributed by atoms with E-state index >= 15 is 0 Å². The molecule has 4 rings (SSSR count). The van der Waals surface area contributed by atoms with Crippen LogP contribution in [0.1, 0.15) is 48.5 Å². The fraction of sp³-hybridized carbons (Fsp3) is 0.227. The second-order valence-corrected chi connectivity index (χ2v) is 6.99. The quantitative estimate of drug-likeness (QED) is 0.448. The summed E-state index contributed by atoms with van der Waals surface area (Å²) in [5, 5.41) is 3.05. The first-order valence-corrected chi connectivity index (χ1v) is 9.50. The molecule has 0 aliphatic heterocycles. The van der Waals surface area contributed by atoms with Crippen molar-refractivity contribution >= 4 is 16.9 Å². The van der Waals surface area contributed by atoms with Gasteiger partial charge in [0.1, 0.15) is 11.9 Å². The van der Waals surface area contributed by atoms with Gasteiger partial charge in [0.05, 0.1) is 30.0 Å². The van der Waals surface area contributed by atoms with Crippen LogP contribution in [0.3, 0.4) is 0 Å². The highest BCUT2D eigenvalue weighted by Crippen LogP contribution is 2.26. The number of nitrogens with zero attached hydrogens (tertiary/aromatic N) is 2. The number of rotatable bonds is 7. The van der Waals surface area contributed by atoms with E-state index in [0.717, 1.165) is 33.5 Å². The molecule has 2 aromatic heterocycles. The minimum Gasteiger partial charge on any atom is -0.366 e. The number of nitrogens with one attached hydrogen (secondary N) is 3. The summed E-state index contributed by atoms with van der Waals surface area (Å²) in [6, 6.07) is 13.8. The van der Waals surface area contributed by atoms with E-state index in [-0.39, 0.29) is 18.1 Å². The molecular formula is C22H23N5O2. The standard InChI is InChI=1S/C22H23N5O2/c1-14(22-23-8-9-24-22)29-12-16-4-3-5-17(10-16)21(27-15(2)28)18-6-7-19-20(11-18)26-13-25-19/h3-11,13-14,21H,12H2,1-2H3,(H,23,24)(H,25,26)(H,27,28). The number of amides is 1. The summed E-state index contributed by atoms with van der Waals surface area (Å²) in [6.45, 7) is 3.93. The highest BCUT2D eigenvalue weighted by molar-refractivity contribution is 5.77. The SMILES string of the molecule is CC(=O)NC(c1cccc(COC(C)c2ncc[nH]2)c1)c1ccc2nc[nH]c2c1. The Morgan fingerprint density at radius 2 is 2.00 bits per heavy atom. The van der Waals surface area contributed by atoms with Gasteiger partial charge in [-0.1, -0.05) is 30.3 Å². The van der Waals surface area contributed by atoms with Crippen molar-refractivity contribution in [3.63, 3.8) is 0 Å². The Labute approximate surface area is 168 Å². The third-order valence-corrected chi connectivity index (χ3v) is 4.81. The molecule has 7 nitrogen and oxygen atoms in total. The topological polar surface area (TPSA) is 95.7 Å². The van der Waals surface area contributed by atoms with Crippen molar-refractivity contribution in [3.05, 3.63) is 83.7 Å². The summed E-state index contributed by atoms with van der Waals surface area (Å²) in [4.78, 5) is 26.6. The van der Waals surface area contributed by atoms with Crippen molar-refractivity contribution in [2.75, 3.05) is 0 Å². The molecule has 0 radical (unpaired) electrons. The Hall–Kier alpha value is -3.45. The van der Waals surface area contributed by atoms with Crippen molar-refractivity contribution in [1.29, 1.82) is 0 Å². The first-order chi connectivity index (χ1) is 14.1. The van der Waals surface area contributed by atoms with Gasteiger partial charge in [-0.15, -0.1) is 0 Å². The van der Waals surface area contributed by atoms with E-state index in [1.54, 1.807) is 18.7 Å². The third kappa shape index (κ3) is 4.35. The van der Waals surface area contributed by atoms with E-state index in [2.05, 4.69) is 31.3 Å². The van der Waals surface area contributed by atoms with Gasteiger partial charge in [0.25, 0.3) is 0 Å². The van der Waals surface area contributed by atoms with Crippen molar-refractivity contribution < 1.29 is 9.53 Å². The minimum atomic E-state index is -0.261. The summed E-state index contributed by atoms with van der Waals surface area (Å²) in [5.74, 6) is 0.706. The van der Waals surface area contributed by atoms with E-state index < -0.39 is 0 Å². The van der Waals surface area contributed by atoms with Crippen LogP contribution in [-0.4, -0.2) is 25.8 Å². The predicted octanol–water partition coefficient (Wildman–Crippen LogP) is 3.79. The normalized spacial score (nSPS) is 13.3. The monoisotopic (exact) mass is 389 g/mol. The van der Waals surface area contributed by atoms with Crippen LogP contribution >= 0.6 is 0 Å². The summed E-state index contributed by atoms with van der Waals surface area (Å²) in [6.07, 6.45) is 5.02. The maximum atomic E-state index is 11.9. The zero-order valence-corrected chi connectivity index (χ0v) is 16.3. The first-order valence-electron chi connectivity index (χ1n) is 9.50. The molecule has 3 N–H and O–H groups in total. The average molecular weight is 389 g/mol. The largest absolute Gasteiger partial charge is 0.366 e. The van der Waals surface area contributed by atoms with Crippen LogP contribution in [-0.2, 0) is 16.1 Å². The van der Waals surface area contributed by atoms with E-state index in [9.17, 15) is 4.79 Å². The van der Waals surface area contributed by atoms with Gasteiger partial charge in [0.15, 0.2) is 0 Å². The highest BCUT2D eigenvalue weighted by atomic mass is 16.5. The molecule has 148 valence electrons. The van der Waals surface area contributed by atoms with Crippen LogP contribution in [0.2, 0.25) is 0 Å². The predicted molar refractivity (Wildman–Crippen MR) is 110 cm³/mol. The number of carbonyl (C=O) groups excluding carboxylic acids is 1. The van der Waals surface area contributed by atoms with E-state index in [4.69, 9.17) is 4.74 Å². The number of aromatic nitrogens is 4. The molecule has 2 atom stereocenters. The second-order valence-electron chi connectivity index (χ2n) is 6.99. The Kier molecular flexibility index (Phi) is 5.39. The fourth-order valence-corrected chi connectivity index (χ4v) is 3.36. The Bertz CT molecular complexity index is 1100. The van der Waals surface area contributed by atoms with Crippen molar-refractivity contribution in [2.24, 2.45) is 0 Å². The van der Waals surface area contributed by atoms with Crippen LogP contribution in [0.15, 0.2) is 61.2 Å². The molecule has 2 aromatic carbocycles. The smallest absolute Gasteiger partial charge is 0.217 e. The molecule has 0 fully saturated rings. The van der Waals surface area contributed by atoms with Gasteiger partial charge in [-0.25, -0.2) is 9.97 Å². The van der Waals surface area contributed by atoms with Gasteiger partial charge < -0.3 is 20.0 Å². The van der Waals surface area contributed by atoms with E-state index in [0.29, 0.717) is 6.61 Å².